The Hall–Kier alpha value is -0.120. The molecule has 0 aromatic heterocycles. The second kappa shape index (κ2) is 6.46. The number of nitrogens with two attached hydrogens (primary N) is 1. The Balaban J connectivity index is 2.28. The Labute approximate surface area is 94.0 Å². The molecule has 3 nitrogen and oxygen atoms in total. The highest BCUT2D eigenvalue weighted by atomic mass is 16.5. The monoisotopic (exact) mass is 214 g/mol. The van der Waals surface area contributed by atoms with Crippen LogP contribution in [0.3, 0.4) is 0 Å². The molecule has 1 aliphatic rings. The summed E-state index contributed by atoms with van der Waals surface area (Å²) in [5, 5.41) is 0. The lowest BCUT2D eigenvalue weighted by Gasteiger charge is -2.35. The van der Waals surface area contributed by atoms with Gasteiger partial charge in [-0.25, -0.2) is 0 Å². The summed E-state index contributed by atoms with van der Waals surface area (Å²) in [5.74, 6) is 0.879. The standard InChI is InChI=1S/C12H26N2O/c1-10-5-4-6-12(7-10)14(2)8-11(13)9-15-3/h10-12H,4-9,13H2,1-3H3. The van der Waals surface area contributed by atoms with Gasteiger partial charge in [0.15, 0.2) is 0 Å². The Kier molecular flexibility index (Phi) is 5.58. The average molecular weight is 214 g/mol. The first-order chi connectivity index (χ1) is 7.13. The second-order valence-corrected chi connectivity index (χ2v) is 5.08. The van der Waals surface area contributed by atoms with Crippen molar-refractivity contribution in [3.8, 4) is 0 Å². The molecule has 0 aromatic carbocycles. The quantitative estimate of drug-likeness (QED) is 0.753. The van der Waals surface area contributed by atoms with Crippen LogP contribution in [0.15, 0.2) is 0 Å². The average Bonchev–Trinajstić information content (AvgIpc) is 2.18. The van der Waals surface area contributed by atoms with Gasteiger partial charge in [0, 0.05) is 25.7 Å². The highest BCUT2D eigenvalue weighted by Crippen LogP contribution is 2.26. The molecule has 0 bridgehead atoms. The van der Waals surface area contributed by atoms with E-state index in [1.54, 1.807) is 7.11 Å². The number of nitrogens with zero attached hydrogens (tertiary/aromatic N) is 1. The number of hydrogen-bond donors (Lipinski definition) is 1. The molecule has 1 fully saturated rings. The van der Waals surface area contributed by atoms with Gasteiger partial charge in [-0.2, -0.15) is 0 Å². The van der Waals surface area contributed by atoms with Crippen LogP contribution in [0.2, 0.25) is 0 Å². The Morgan fingerprint density at radius 3 is 2.80 bits per heavy atom. The third kappa shape index (κ3) is 4.49. The summed E-state index contributed by atoms with van der Waals surface area (Å²) in [7, 11) is 3.90. The van der Waals surface area contributed by atoms with Gasteiger partial charge in [-0.1, -0.05) is 19.8 Å². The van der Waals surface area contributed by atoms with E-state index in [1.807, 2.05) is 0 Å². The third-order valence-electron chi connectivity index (χ3n) is 3.44. The summed E-state index contributed by atoms with van der Waals surface area (Å²) in [6.07, 6.45) is 5.43. The largest absolute Gasteiger partial charge is 0.383 e. The van der Waals surface area contributed by atoms with E-state index in [4.69, 9.17) is 10.5 Å². The van der Waals surface area contributed by atoms with Crippen LogP contribution >= 0.6 is 0 Å². The maximum absolute atomic E-state index is 5.96. The highest BCUT2D eigenvalue weighted by molar-refractivity contribution is 4.79. The minimum atomic E-state index is 0.150. The maximum atomic E-state index is 5.96. The van der Waals surface area contributed by atoms with E-state index in [-0.39, 0.29) is 6.04 Å². The normalized spacial score (nSPS) is 29.4. The van der Waals surface area contributed by atoms with E-state index in [2.05, 4.69) is 18.9 Å². The number of likely N-dealkylation sites (N-methyl/N-ethyl adjacent to an activating group) is 1. The highest BCUT2D eigenvalue weighted by Gasteiger charge is 2.23. The van der Waals surface area contributed by atoms with Gasteiger partial charge < -0.3 is 15.4 Å². The molecule has 1 saturated carbocycles. The Morgan fingerprint density at radius 1 is 1.47 bits per heavy atom. The van der Waals surface area contributed by atoms with Gasteiger partial charge in [-0.05, 0) is 25.8 Å². The van der Waals surface area contributed by atoms with Gasteiger partial charge in [0.1, 0.15) is 0 Å². The van der Waals surface area contributed by atoms with Crippen molar-refractivity contribution in [2.45, 2.75) is 44.7 Å². The molecule has 0 amide bonds. The van der Waals surface area contributed by atoms with Crippen molar-refractivity contribution in [1.82, 2.24) is 4.90 Å². The van der Waals surface area contributed by atoms with Gasteiger partial charge in [0.05, 0.1) is 6.61 Å². The van der Waals surface area contributed by atoms with Crippen molar-refractivity contribution in [3.05, 3.63) is 0 Å². The maximum Gasteiger partial charge on any atom is 0.0626 e. The molecular weight excluding hydrogens is 188 g/mol. The SMILES string of the molecule is COCC(N)CN(C)C1CCCC(C)C1. The molecule has 0 aromatic rings. The van der Waals surface area contributed by atoms with Crippen LogP contribution in [-0.2, 0) is 4.74 Å². The van der Waals surface area contributed by atoms with E-state index >= 15 is 0 Å². The zero-order valence-electron chi connectivity index (χ0n) is 10.4. The van der Waals surface area contributed by atoms with Crippen molar-refractivity contribution in [2.24, 2.45) is 11.7 Å². The molecule has 1 aliphatic carbocycles. The van der Waals surface area contributed by atoms with Crippen LogP contribution in [0.25, 0.3) is 0 Å². The molecule has 0 spiro atoms. The summed E-state index contributed by atoms with van der Waals surface area (Å²) in [5.41, 5.74) is 5.96. The van der Waals surface area contributed by atoms with Gasteiger partial charge in [0.2, 0.25) is 0 Å². The number of ether oxygens (including phenoxy) is 1. The molecule has 3 unspecified atom stereocenters. The van der Waals surface area contributed by atoms with Crippen LogP contribution < -0.4 is 5.73 Å². The predicted octanol–water partition coefficient (Wildman–Crippen LogP) is 1.47. The molecule has 2 N–H and O–H groups in total. The van der Waals surface area contributed by atoms with Crippen molar-refractivity contribution in [2.75, 3.05) is 27.3 Å². The zero-order chi connectivity index (χ0) is 11.3. The summed E-state index contributed by atoms with van der Waals surface area (Å²) in [6, 6.07) is 0.883. The molecule has 3 atom stereocenters. The number of methoxy groups -OCH3 is 1. The molecule has 3 heteroatoms. The number of rotatable bonds is 5. The summed E-state index contributed by atoms with van der Waals surface area (Å²) in [6.45, 7) is 3.97. The van der Waals surface area contributed by atoms with Crippen LogP contribution in [-0.4, -0.2) is 44.3 Å². The van der Waals surface area contributed by atoms with Gasteiger partial charge in [0.25, 0.3) is 0 Å². The molecule has 90 valence electrons. The first-order valence-electron chi connectivity index (χ1n) is 6.08. The lowest BCUT2D eigenvalue weighted by atomic mass is 9.86. The summed E-state index contributed by atoms with van der Waals surface area (Å²) in [4.78, 5) is 2.42. The minimum Gasteiger partial charge on any atom is -0.383 e. The van der Waals surface area contributed by atoms with E-state index in [9.17, 15) is 0 Å². The Morgan fingerprint density at radius 2 is 2.20 bits per heavy atom. The second-order valence-electron chi connectivity index (χ2n) is 5.08. The van der Waals surface area contributed by atoms with E-state index in [0.29, 0.717) is 6.61 Å². The van der Waals surface area contributed by atoms with Crippen LogP contribution in [0.4, 0.5) is 0 Å². The predicted molar refractivity (Wildman–Crippen MR) is 63.9 cm³/mol. The van der Waals surface area contributed by atoms with Crippen molar-refractivity contribution in [3.63, 3.8) is 0 Å². The molecule has 0 radical (unpaired) electrons. The zero-order valence-corrected chi connectivity index (χ0v) is 10.4. The van der Waals surface area contributed by atoms with E-state index < -0.39 is 0 Å². The fourth-order valence-corrected chi connectivity index (χ4v) is 2.59. The smallest absolute Gasteiger partial charge is 0.0626 e. The number of hydrogen-bond acceptors (Lipinski definition) is 3. The van der Waals surface area contributed by atoms with Crippen molar-refractivity contribution >= 4 is 0 Å². The lowest BCUT2D eigenvalue weighted by Crippen LogP contribution is -2.44. The first kappa shape index (κ1) is 12.9. The molecule has 1 rings (SSSR count). The van der Waals surface area contributed by atoms with E-state index in [0.717, 1.165) is 18.5 Å². The van der Waals surface area contributed by atoms with Crippen LogP contribution in [0.5, 0.6) is 0 Å². The van der Waals surface area contributed by atoms with Gasteiger partial charge in [-0.3, -0.25) is 0 Å². The van der Waals surface area contributed by atoms with E-state index in [1.165, 1.54) is 25.7 Å². The molecule has 0 aliphatic heterocycles. The van der Waals surface area contributed by atoms with Crippen molar-refractivity contribution in [1.29, 1.82) is 0 Å². The Bertz CT molecular complexity index is 175. The van der Waals surface area contributed by atoms with Crippen LogP contribution in [0, 0.1) is 5.92 Å². The molecule has 0 heterocycles. The fraction of sp³-hybridized carbons (Fsp3) is 1.00. The molecule has 15 heavy (non-hydrogen) atoms. The fourth-order valence-electron chi connectivity index (χ4n) is 2.59. The minimum absolute atomic E-state index is 0.150. The summed E-state index contributed by atoms with van der Waals surface area (Å²) < 4.78 is 5.06. The lowest BCUT2D eigenvalue weighted by molar-refractivity contribution is 0.123. The molecule has 0 saturated heterocycles. The molecular formula is C12H26N2O. The summed E-state index contributed by atoms with van der Waals surface area (Å²) >= 11 is 0. The van der Waals surface area contributed by atoms with Gasteiger partial charge in [-0.15, -0.1) is 0 Å². The first-order valence-corrected chi connectivity index (χ1v) is 6.08. The van der Waals surface area contributed by atoms with Gasteiger partial charge >= 0.3 is 0 Å². The van der Waals surface area contributed by atoms with Crippen LogP contribution in [0.1, 0.15) is 32.6 Å². The van der Waals surface area contributed by atoms with Crippen molar-refractivity contribution < 1.29 is 4.74 Å². The third-order valence-corrected chi connectivity index (χ3v) is 3.44. The topological polar surface area (TPSA) is 38.5 Å².